The summed E-state index contributed by atoms with van der Waals surface area (Å²) in [6.07, 6.45) is 3.19. The van der Waals surface area contributed by atoms with E-state index in [9.17, 15) is 0 Å². The number of hydrogen-bond donors (Lipinski definition) is 1. The minimum atomic E-state index is 0.445. The largest absolute Gasteiger partial charge is 0.480 e. The Balaban J connectivity index is 2.24. The van der Waals surface area contributed by atoms with Crippen molar-refractivity contribution in [2.75, 3.05) is 12.4 Å². The molecule has 0 saturated carbocycles. The molecule has 0 aliphatic heterocycles. The van der Waals surface area contributed by atoms with Crippen LogP contribution in [0.5, 0.6) is 5.88 Å². The molecule has 1 aromatic carbocycles. The molecule has 1 N–H and O–H groups in total. The number of methoxy groups -OCH3 is 1. The maximum absolute atomic E-state index is 5.86. The predicted octanol–water partition coefficient (Wildman–Crippen LogP) is 2.97. The molecule has 2 aromatic rings. The van der Waals surface area contributed by atoms with Gasteiger partial charge in [0.25, 0.3) is 0 Å². The molecule has 0 unspecified atom stereocenters. The van der Waals surface area contributed by atoms with Crippen LogP contribution in [0.25, 0.3) is 0 Å². The summed E-state index contributed by atoms with van der Waals surface area (Å²) in [4.78, 5) is 8.25. The van der Waals surface area contributed by atoms with Crippen molar-refractivity contribution < 1.29 is 4.74 Å². The topological polar surface area (TPSA) is 47.0 Å². The van der Waals surface area contributed by atoms with Gasteiger partial charge in [-0.15, -0.1) is 11.6 Å². The second-order valence-electron chi connectivity index (χ2n) is 3.36. The molecule has 17 heavy (non-hydrogen) atoms. The summed E-state index contributed by atoms with van der Waals surface area (Å²) in [5, 5.41) is 3.16. The Kier molecular flexibility index (Phi) is 3.77. The van der Waals surface area contributed by atoms with Crippen molar-refractivity contribution >= 4 is 23.1 Å². The summed E-state index contributed by atoms with van der Waals surface area (Å²) in [6.45, 7) is 0. The van der Waals surface area contributed by atoms with Gasteiger partial charge in [0.05, 0.1) is 19.5 Å². The number of rotatable bonds is 4. The van der Waals surface area contributed by atoms with Gasteiger partial charge in [-0.25, -0.2) is 0 Å². The standard InChI is InChI=1S/C12H12ClN3O/c1-17-12-8-14-7-11(16-12)15-10-5-3-2-4-9(10)6-13/h2-5,7-8H,6H2,1H3,(H,15,16). The van der Waals surface area contributed by atoms with Crippen molar-refractivity contribution in [1.82, 2.24) is 9.97 Å². The Hall–Kier alpha value is -1.81. The Labute approximate surface area is 105 Å². The molecule has 2 rings (SSSR count). The van der Waals surface area contributed by atoms with Crippen LogP contribution in [0.4, 0.5) is 11.5 Å². The van der Waals surface area contributed by atoms with E-state index < -0.39 is 0 Å². The Bertz CT molecular complexity index is 505. The van der Waals surface area contributed by atoms with Gasteiger partial charge in [0.1, 0.15) is 0 Å². The van der Waals surface area contributed by atoms with Gasteiger partial charge in [-0.1, -0.05) is 18.2 Å². The summed E-state index contributed by atoms with van der Waals surface area (Å²) in [5.74, 6) is 1.54. The average Bonchev–Trinajstić information content (AvgIpc) is 2.39. The fourth-order valence-electron chi connectivity index (χ4n) is 1.40. The SMILES string of the molecule is COc1cncc(Nc2ccccc2CCl)n1. The third-order valence-corrected chi connectivity index (χ3v) is 2.53. The minimum absolute atomic E-state index is 0.445. The predicted molar refractivity (Wildman–Crippen MR) is 67.9 cm³/mol. The van der Waals surface area contributed by atoms with Gasteiger partial charge in [-0.05, 0) is 11.6 Å². The van der Waals surface area contributed by atoms with E-state index in [1.807, 2.05) is 24.3 Å². The minimum Gasteiger partial charge on any atom is -0.480 e. The number of aromatic nitrogens is 2. The summed E-state index contributed by atoms with van der Waals surface area (Å²) >= 11 is 5.86. The second kappa shape index (κ2) is 5.50. The summed E-state index contributed by atoms with van der Waals surface area (Å²) < 4.78 is 5.01. The molecule has 0 saturated heterocycles. The molecule has 1 heterocycles. The lowest BCUT2D eigenvalue weighted by Crippen LogP contribution is -1.98. The van der Waals surface area contributed by atoms with Gasteiger partial charge in [0.2, 0.25) is 5.88 Å². The van der Waals surface area contributed by atoms with Gasteiger partial charge < -0.3 is 10.1 Å². The summed E-state index contributed by atoms with van der Waals surface area (Å²) in [7, 11) is 1.56. The smallest absolute Gasteiger partial charge is 0.233 e. The Morgan fingerprint density at radius 2 is 2.12 bits per heavy atom. The average molecular weight is 250 g/mol. The number of benzene rings is 1. The highest BCUT2D eigenvalue weighted by molar-refractivity contribution is 6.17. The molecule has 5 heteroatoms. The molecule has 1 aromatic heterocycles. The quantitative estimate of drug-likeness (QED) is 0.847. The van der Waals surface area contributed by atoms with Crippen LogP contribution >= 0.6 is 11.6 Å². The highest BCUT2D eigenvalue weighted by Gasteiger charge is 2.03. The maximum Gasteiger partial charge on any atom is 0.233 e. The Morgan fingerprint density at radius 1 is 1.29 bits per heavy atom. The highest BCUT2D eigenvalue weighted by Crippen LogP contribution is 2.21. The summed E-state index contributed by atoms with van der Waals surface area (Å²) in [6, 6.07) is 7.79. The van der Waals surface area contributed by atoms with Crippen molar-refractivity contribution in [3.63, 3.8) is 0 Å². The molecule has 0 aliphatic rings. The Morgan fingerprint density at radius 3 is 2.88 bits per heavy atom. The van der Waals surface area contributed by atoms with Crippen molar-refractivity contribution in [2.24, 2.45) is 0 Å². The lowest BCUT2D eigenvalue weighted by Gasteiger charge is -2.09. The highest BCUT2D eigenvalue weighted by atomic mass is 35.5. The molecule has 0 radical (unpaired) electrons. The number of para-hydroxylation sites is 1. The number of hydrogen-bond acceptors (Lipinski definition) is 4. The second-order valence-corrected chi connectivity index (χ2v) is 3.63. The molecular formula is C12H12ClN3O. The third kappa shape index (κ3) is 2.85. The number of nitrogens with zero attached hydrogens (tertiary/aromatic N) is 2. The van der Waals surface area contributed by atoms with Crippen LogP contribution in [0, 0.1) is 0 Å². The zero-order valence-electron chi connectivity index (χ0n) is 9.35. The first-order valence-electron chi connectivity index (χ1n) is 5.10. The number of anilines is 2. The molecule has 0 amide bonds. The van der Waals surface area contributed by atoms with Gasteiger partial charge >= 0.3 is 0 Å². The fourth-order valence-corrected chi connectivity index (χ4v) is 1.64. The van der Waals surface area contributed by atoms with E-state index >= 15 is 0 Å². The van der Waals surface area contributed by atoms with Gasteiger partial charge in [0.15, 0.2) is 5.82 Å². The number of alkyl halides is 1. The molecule has 88 valence electrons. The van der Waals surface area contributed by atoms with E-state index in [0.717, 1.165) is 11.3 Å². The van der Waals surface area contributed by atoms with Gasteiger partial charge in [-0.2, -0.15) is 4.98 Å². The van der Waals surface area contributed by atoms with E-state index in [0.29, 0.717) is 17.6 Å². The van der Waals surface area contributed by atoms with Crippen LogP contribution in [0.15, 0.2) is 36.7 Å². The number of nitrogens with one attached hydrogen (secondary N) is 1. The van der Waals surface area contributed by atoms with E-state index in [4.69, 9.17) is 16.3 Å². The first-order valence-corrected chi connectivity index (χ1v) is 5.64. The van der Waals surface area contributed by atoms with Crippen LogP contribution in [-0.4, -0.2) is 17.1 Å². The maximum atomic E-state index is 5.86. The number of halogens is 1. The third-order valence-electron chi connectivity index (χ3n) is 2.25. The molecule has 0 atom stereocenters. The van der Waals surface area contributed by atoms with Crippen LogP contribution in [-0.2, 0) is 5.88 Å². The van der Waals surface area contributed by atoms with Crippen molar-refractivity contribution in [3.8, 4) is 5.88 Å². The van der Waals surface area contributed by atoms with Crippen LogP contribution < -0.4 is 10.1 Å². The number of ether oxygens (including phenoxy) is 1. The fraction of sp³-hybridized carbons (Fsp3) is 0.167. The molecule has 0 spiro atoms. The van der Waals surface area contributed by atoms with Gasteiger partial charge in [0, 0.05) is 11.6 Å². The van der Waals surface area contributed by atoms with E-state index in [-0.39, 0.29) is 0 Å². The first-order chi connectivity index (χ1) is 8.33. The van der Waals surface area contributed by atoms with Crippen LogP contribution in [0.1, 0.15) is 5.56 Å². The normalized spacial score (nSPS) is 10.0. The molecule has 0 fully saturated rings. The monoisotopic (exact) mass is 249 g/mol. The van der Waals surface area contributed by atoms with Crippen molar-refractivity contribution in [1.29, 1.82) is 0 Å². The lowest BCUT2D eigenvalue weighted by atomic mass is 10.2. The zero-order valence-corrected chi connectivity index (χ0v) is 10.1. The zero-order chi connectivity index (χ0) is 12.1. The lowest BCUT2D eigenvalue weighted by molar-refractivity contribution is 0.396. The van der Waals surface area contributed by atoms with E-state index in [1.54, 1.807) is 19.5 Å². The van der Waals surface area contributed by atoms with Crippen molar-refractivity contribution in [3.05, 3.63) is 42.2 Å². The summed E-state index contributed by atoms with van der Waals surface area (Å²) in [5.41, 5.74) is 1.93. The van der Waals surface area contributed by atoms with Crippen molar-refractivity contribution in [2.45, 2.75) is 5.88 Å². The molecule has 0 aliphatic carbocycles. The van der Waals surface area contributed by atoms with Crippen LogP contribution in [0.3, 0.4) is 0 Å². The van der Waals surface area contributed by atoms with E-state index in [1.165, 1.54) is 0 Å². The van der Waals surface area contributed by atoms with Crippen LogP contribution in [0.2, 0.25) is 0 Å². The first kappa shape index (κ1) is 11.7. The van der Waals surface area contributed by atoms with E-state index in [2.05, 4.69) is 15.3 Å². The molecule has 0 bridgehead atoms. The molecular weight excluding hydrogens is 238 g/mol. The van der Waals surface area contributed by atoms with Gasteiger partial charge in [-0.3, -0.25) is 4.98 Å². The molecule has 4 nitrogen and oxygen atoms in total.